The predicted molar refractivity (Wildman–Crippen MR) is 91.9 cm³/mol. The van der Waals surface area contributed by atoms with E-state index in [0.717, 1.165) is 11.1 Å². The molecule has 0 aliphatic carbocycles. The molecule has 1 aromatic heterocycles. The first-order valence-electron chi connectivity index (χ1n) is 6.77. The van der Waals surface area contributed by atoms with Gasteiger partial charge >= 0.3 is 0 Å². The third kappa shape index (κ3) is 4.12. The van der Waals surface area contributed by atoms with Crippen molar-refractivity contribution in [3.63, 3.8) is 0 Å². The maximum Gasteiger partial charge on any atom is 0.257 e. The second kappa shape index (κ2) is 7.30. The number of aromatic nitrogens is 1. The number of para-hydroxylation sites is 2. The number of hydrogen-bond acceptors (Lipinski definition) is 5. The molecule has 2 aromatic carbocycles. The van der Waals surface area contributed by atoms with E-state index in [2.05, 4.69) is 15.5 Å². The fourth-order valence-corrected chi connectivity index (χ4v) is 2.64. The largest absolute Gasteiger partial charge is 0.431 e. The number of benzene rings is 2. The molecule has 0 bridgehead atoms. The van der Waals surface area contributed by atoms with Gasteiger partial charge in [0.2, 0.25) is 0 Å². The van der Waals surface area contributed by atoms with Gasteiger partial charge in [0.25, 0.3) is 11.1 Å². The van der Waals surface area contributed by atoms with E-state index in [9.17, 15) is 4.79 Å². The molecular formula is C16H12ClN3O2S. The van der Waals surface area contributed by atoms with Gasteiger partial charge in [-0.05, 0) is 18.2 Å². The minimum Gasteiger partial charge on any atom is -0.431 e. The van der Waals surface area contributed by atoms with Crippen molar-refractivity contribution in [1.82, 2.24) is 10.4 Å². The van der Waals surface area contributed by atoms with Crippen molar-refractivity contribution in [3.05, 3.63) is 59.1 Å². The molecular weight excluding hydrogens is 334 g/mol. The summed E-state index contributed by atoms with van der Waals surface area (Å²) in [6.07, 6.45) is 1.50. The van der Waals surface area contributed by atoms with Crippen LogP contribution in [0.3, 0.4) is 0 Å². The lowest BCUT2D eigenvalue weighted by molar-refractivity contribution is -0.118. The Bertz CT molecular complexity index is 830. The van der Waals surface area contributed by atoms with Gasteiger partial charge in [-0.1, -0.05) is 53.7 Å². The number of thioether (sulfide) groups is 1. The highest BCUT2D eigenvalue weighted by molar-refractivity contribution is 7.99. The Labute approximate surface area is 141 Å². The summed E-state index contributed by atoms with van der Waals surface area (Å²) in [4.78, 5) is 16.0. The molecule has 3 aromatic rings. The van der Waals surface area contributed by atoms with Gasteiger partial charge < -0.3 is 4.42 Å². The van der Waals surface area contributed by atoms with Crippen LogP contribution in [0.25, 0.3) is 11.1 Å². The molecule has 1 N–H and O–H groups in total. The number of amides is 1. The Morgan fingerprint density at radius 2 is 2.04 bits per heavy atom. The summed E-state index contributed by atoms with van der Waals surface area (Å²) in [5.74, 6) is -0.0901. The van der Waals surface area contributed by atoms with Crippen LogP contribution in [-0.2, 0) is 4.79 Å². The van der Waals surface area contributed by atoms with Crippen LogP contribution in [-0.4, -0.2) is 22.9 Å². The van der Waals surface area contributed by atoms with Gasteiger partial charge in [-0.25, -0.2) is 10.4 Å². The molecule has 0 unspecified atom stereocenters. The second-order valence-electron chi connectivity index (χ2n) is 4.55. The third-order valence-electron chi connectivity index (χ3n) is 2.90. The summed E-state index contributed by atoms with van der Waals surface area (Å²) in [5.41, 5.74) is 4.65. The fraction of sp³-hybridized carbons (Fsp3) is 0.0625. The Morgan fingerprint density at radius 1 is 1.26 bits per heavy atom. The van der Waals surface area contributed by atoms with Gasteiger partial charge in [0, 0.05) is 10.6 Å². The number of halogens is 1. The zero-order valence-electron chi connectivity index (χ0n) is 11.9. The van der Waals surface area contributed by atoms with E-state index in [-0.39, 0.29) is 11.7 Å². The zero-order chi connectivity index (χ0) is 16.1. The van der Waals surface area contributed by atoms with Gasteiger partial charge in [0.05, 0.1) is 12.0 Å². The number of carbonyl (C=O) groups is 1. The molecule has 3 rings (SSSR count). The molecule has 1 amide bonds. The van der Waals surface area contributed by atoms with Gasteiger partial charge in [-0.3, -0.25) is 4.79 Å². The Morgan fingerprint density at radius 3 is 2.87 bits per heavy atom. The van der Waals surface area contributed by atoms with Crippen LogP contribution in [0.1, 0.15) is 5.56 Å². The highest BCUT2D eigenvalue weighted by Gasteiger charge is 2.08. The van der Waals surface area contributed by atoms with Crippen molar-refractivity contribution in [2.24, 2.45) is 5.10 Å². The second-order valence-corrected chi connectivity index (χ2v) is 5.88. The average molecular weight is 346 g/mol. The van der Waals surface area contributed by atoms with Crippen LogP contribution in [0.15, 0.2) is 63.3 Å². The fourth-order valence-electron chi connectivity index (χ4n) is 1.83. The van der Waals surface area contributed by atoms with Crippen molar-refractivity contribution in [2.45, 2.75) is 5.22 Å². The molecule has 1 heterocycles. The molecule has 0 aliphatic heterocycles. The molecule has 7 heteroatoms. The minimum absolute atomic E-state index is 0.159. The lowest BCUT2D eigenvalue weighted by atomic mass is 10.2. The van der Waals surface area contributed by atoms with Crippen LogP contribution in [0.5, 0.6) is 0 Å². The molecule has 0 saturated carbocycles. The summed E-state index contributed by atoms with van der Waals surface area (Å²) >= 11 is 7.20. The summed E-state index contributed by atoms with van der Waals surface area (Å²) < 4.78 is 5.52. The van der Waals surface area contributed by atoms with Crippen molar-refractivity contribution < 1.29 is 9.21 Å². The lowest BCUT2D eigenvalue weighted by Crippen LogP contribution is -2.19. The van der Waals surface area contributed by atoms with E-state index in [4.69, 9.17) is 16.0 Å². The van der Waals surface area contributed by atoms with Gasteiger partial charge in [-0.15, -0.1) is 0 Å². The molecule has 0 aliphatic rings. The van der Waals surface area contributed by atoms with E-state index in [1.807, 2.05) is 42.5 Å². The highest BCUT2D eigenvalue weighted by Crippen LogP contribution is 2.22. The maximum atomic E-state index is 11.8. The number of oxazole rings is 1. The minimum atomic E-state index is -0.249. The van der Waals surface area contributed by atoms with Gasteiger partial charge in [0.15, 0.2) is 5.58 Å². The van der Waals surface area contributed by atoms with Crippen LogP contribution >= 0.6 is 23.4 Å². The number of rotatable bonds is 5. The van der Waals surface area contributed by atoms with Crippen molar-refractivity contribution in [2.75, 3.05) is 5.75 Å². The summed E-state index contributed by atoms with van der Waals surface area (Å²) in [5, 5.41) is 4.91. The van der Waals surface area contributed by atoms with E-state index in [0.29, 0.717) is 15.8 Å². The molecule has 0 fully saturated rings. The smallest absolute Gasteiger partial charge is 0.257 e. The van der Waals surface area contributed by atoms with E-state index >= 15 is 0 Å². The first-order chi connectivity index (χ1) is 11.2. The summed E-state index contributed by atoms with van der Waals surface area (Å²) in [6, 6.07) is 14.7. The third-order valence-corrected chi connectivity index (χ3v) is 4.07. The Hall–Kier alpha value is -2.31. The van der Waals surface area contributed by atoms with Crippen molar-refractivity contribution in [1.29, 1.82) is 0 Å². The van der Waals surface area contributed by atoms with E-state index in [1.54, 1.807) is 6.07 Å². The number of hydrazone groups is 1. The summed E-state index contributed by atoms with van der Waals surface area (Å²) in [6.45, 7) is 0. The molecule has 0 radical (unpaired) electrons. The molecule has 0 atom stereocenters. The Kier molecular flexibility index (Phi) is 4.95. The maximum absolute atomic E-state index is 11.8. The Balaban J connectivity index is 1.52. The SMILES string of the molecule is O=C(CSc1nc2ccccc2o1)N/N=C\c1ccccc1Cl. The average Bonchev–Trinajstić information content (AvgIpc) is 2.98. The number of fused-ring (bicyclic) bond motifs is 1. The van der Waals surface area contributed by atoms with Crippen LogP contribution in [0.2, 0.25) is 5.02 Å². The number of nitrogens with zero attached hydrogens (tertiary/aromatic N) is 2. The monoisotopic (exact) mass is 345 g/mol. The van der Waals surface area contributed by atoms with Crippen LogP contribution in [0.4, 0.5) is 0 Å². The molecule has 5 nitrogen and oxygen atoms in total. The normalized spacial score (nSPS) is 11.2. The first-order valence-corrected chi connectivity index (χ1v) is 8.13. The number of hydrogen-bond donors (Lipinski definition) is 1. The molecule has 23 heavy (non-hydrogen) atoms. The van der Waals surface area contributed by atoms with Crippen molar-refractivity contribution in [3.8, 4) is 0 Å². The number of carbonyl (C=O) groups excluding carboxylic acids is 1. The molecule has 116 valence electrons. The van der Waals surface area contributed by atoms with Crippen LogP contribution in [0, 0.1) is 0 Å². The molecule has 0 saturated heterocycles. The zero-order valence-corrected chi connectivity index (χ0v) is 13.5. The van der Waals surface area contributed by atoms with Gasteiger partial charge in [0.1, 0.15) is 5.52 Å². The van der Waals surface area contributed by atoms with Crippen LogP contribution < -0.4 is 5.43 Å². The predicted octanol–water partition coefficient (Wildman–Crippen LogP) is 3.72. The summed E-state index contributed by atoms with van der Waals surface area (Å²) in [7, 11) is 0. The molecule has 0 spiro atoms. The highest BCUT2D eigenvalue weighted by atomic mass is 35.5. The number of nitrogens with one attached hydrogen (secondary N) is 1. The van der Waals surface area contributed by atoms with E-state index < -0.39 is 0 Å². The first kappa shape index (κ1) is 15.6. The topological polar surface area (TPSA) is 67.5 Å². The quantitative estimate of drug-likeness (QED) is 0.434. The van der Waals surface area contributed by atoms with E-state index in [1.165, 1.54) is 18.0 Å². The standard InChI is InChI=1S/C16H12ClN3O2S/c17-12-6-2-1-5-11(12)9-18-20-15(21)10-23-16-19-13-7-3-4-8-14(13)22-16/h1-9H,10H2,(H,20,21)/b18-9-. The van der Waals surface area contributed by atoms with Crippen molar-refractivity contribution >= 4 is 46.6 Å². The van der Waals surface area contributed by atoms with Gasteiger partial charge in [-0.2, -0.15) is 5.10 Å². The lowest BCUT2D eigenvalue weighted by Gasteiger charge is -1.98.